The van der Waals surface area contributed by atoms with Gasteiger partial charge in [0, 0.05) is 31.9 Å². The molecular formula is C34H60N2. The predicted octanol–water partition coefficient (Wildman–Crippen LogP) is 10.5. The fourth-order valence-electron chi connectivity index (χ4n) is 5.63. The molecule has 0 aromatic heterocycles. The summed E-state index contributed by atoms with van der Waals surface area (Å²) in [7, 11) is 0. The van der Waals surface area contributed by atoms with Crippen LogP contribution in [-0.2, 0) is 6.42 Å². The van der Waals surface area contributed by atoms with Gasteiger partial charge in [-0.3, -0.25) is 0 Å². The van der Waals surface area contributed by atoms with E-state index in [1.807, 2.05) is 0 Å². The highest BCUT2D eigenvalue weighted by Crippen LogP contribution is 2.22. The minimum atomic E-state index is 0.504. The normalized spacial score (nSPS) is 15.3. The number of hydrogen-bond donors (Lipinski definition) is 0. The van der Waals surface area contributed by atoms with Crippen LogP contribution >= 0.6 is 0 Å². The molecule has 0 amide bonds. The van der Waals surface area contributed by atoms with Gasteiger partial charge >= 0.3 is 0 Å². The van der Waals surface area contributed by atoms with Crippen LogP contribution in [0.25, 0.3) is 0 Å². The van der Waals surface area contributed by atoms with Crippen LogP contribution in [0.5, 0.6) is 0 Å². The molecule has 206 valence electrons. The molecule has 2 rings (SSSR count). The Morgan fingerprint density at radius 1 is 0.472 bits per heavy atom. The SMILES string of the molecule is CCCCCCCCCCCCCCN1C=CN(CCCCCCCCCC)C1Cc1ccccc1. The van der Waals surface area contributed by atoms with Gasteiger partial charge in [-0.1, -0.05) is 160 Å². The highest BCUT2D eigenvalue weighted by atomic mass is 15.4. The first-order valence-electron chi connectivity index (χ1n) is 16.1. The zero-order valence-electron chi connectivity index (χ0n) is 24.3. The Morgan fingerprint density at radius 2 is 0.833 bits per heavy atom. The molecular weight excluding hydrogens is 436 g/mol. The van der Waals surface area contributed by atoms with E-state index in [0.29, 0.717) is 6.17 Å². The molecule has 1 aliphatic heterocycles. The first-order valence-corrected chi connectivity index (χ1v) is 16.1. The minimum absolute atomic E-state index is 0.504. The Morgan fingerprint density at radius 3 is 1.22 bits per heavy atom. The highest BCUT2D eigenvalue weighted by Gasteiger charge is 2.25. The van der Waals surface area contributed by atoms with Crippen molar-refractivity contribution in [2.75, 3.05) is 13.1 Å². The molecule has 1 aromatic rings. The van der Waals surface area contributed by atoms with Gasteiger partial charge in [-0.15, -0.1) is 0 Å². The topological polar surface area (TPSA) is 6.48 Å². The molecule has 0 spiro atoms. The van der Waals surface area contributed by atoms with Gasteiger partial charge < -0.3 is 9.80 Å². The first kappa shape index (κ1) is 30.8. The summed E-state index contributed by atoms with van der Waals surface area (Å²) >= 11 is 0. The largest absolute Gasteiger partial charge is 0.356 e. The average Bonchev–Trinajstić information content (AvgIpc) is 3.27. The molecule has 0 bridgehead atoms. The Labute approximate surface area is 225 Å². The maximum atomic E-state index is 2.63. The van der Waals surface area contributed by atoms with Crippen molar-refractivity contribution < 1.29 is 0 Å². The van der Waals surface area contributed by atoms with Gasteiger partial charge in [-0.05, 0) is 18.4 Å². The van der Waals surface area contributed by atoms with E-state index in [2.05, 4.69) is 66.4 Å². The molecule has 1 unspecified atom stereocenters. The molecule has 2 heteroatoms. The first-order chi connectivity index (χ1) is 17.8. The lowest BCUT2D eigenvalue weighted by Crippen LogP contribution is -2.41. The molecule has 1 heterocycles. The zero-order chi connectivity index (χ0) is 25.5. The van der Waals surface area contributed by atoms with Crippen LogP contribution in [0.2, 0.25) is 0 Å². The predicted molar refractivity (Wildman–Crippen MR) is 160 cm³/mol. The van der Waals surface area contributed by atoms with Gasteiger partial charge in [0.1, 0.15) is 6.17 Å². The van der Waals surface area contributed by atoms with E-state index >= 15 is 0 Å². The highest BCUT2D eigenvalue weighted by molar-refractivity contribution is 5.17. The van der Waals surface area contributed by atoms with Crippen molar-refractivity contribution in [3.63, 3.8) is 0 Å². The van der Waals surface area contributed by atoms with Crippen molar-refractivity contribution in [1.82, 2.24) is 9.80 Å². The molecule has 0 saturated heterocycles. The third-order valence-electron chi connectivity index (χ3n) is 8.02. The molecule has 2 nitrogen and oxygen atoms in total. The second kappa shape index (κ2) is 21.6. The van der Waals surface area contributed by atoms with Gasteiger partial charge in [-0.2, -0.15) is 0 Å². The Kier molecular flexibility index (Phi) is 18.5. The van der Waals surface area contributed by atoms with E-state index in [0.717, 1.165) is 6.42 Å². The maximum absolute atomic E-state index is 2.63. The van der Waals surface area contributed by atoms with E-state index < -0.39 is 0 Å². The number of unbranched alkanes of at least 4 members (excludes halogenated alkanes) is 18. The zero-order valence-corrected chi connectivity index (χ0v) is 24.3. The molecule has 36 heavy (non-hydrogen) atoms. The number of nitrogens with zero attached hydrogens (tertiary/aromatic N) is 2. The lowest BCUT2D eigenvalue weighted by molar-refractivity contribution is 0.148. The molecule has 1 atom stereocenters. The van der Waals surface area contributed by atoms with Crippen LogP contribution in [0, 0.1) is 0 Å². The summed E-state index contributed by atoms with van der Waals surface area (Å²) in [6.07, 6.45) is 34.6. The average molecular weight is 497 g/mol. The van der Waals surface area contributed by atoms with Gasteiger partial charge in [0.15, 0.2) is 0 Å². The van der Waals surface area contributed by atoms with E-state index in [1.54, 1.807) is 0 Å². The molecule has 0 saturated carbocycles. The van der Waals surface area contributed by atoms with Crippen LogP contribution in [-0.4, -0.2) is 29.1 Å². The van der Waals surface area contributed by atoms with E-state index in [1.165, 1.54) is 147 Å². The molecule has 0 radical (unpaired) electrons. The van der Waals surface area contributed by atoms with E-state index in [9.17, 15) is 0 Å². The summed E-state index contributed by atoms with van der Waals surface area (Å²) in [5, 5.41) is 0. The fourth-order valence-corrected chi connectivity index (χ4v) is 5.63. The maximum Gasteiger partial charge on any atom is 0.105 e. The van der Waals surface area contributed by atoms with Crippen molar-refractivity contribution in [1.29, 1.82) is 0 Å². The second-order valence-electron chi connectivity index (χ2n) is 11.3. The second-order valence-corrected chi connectivity index (χ2v) is 11.3. The van der Waals surface area contributed by atoms with Crippen molar-refractivity contribution in [2.45, 2.75) is 155 Å². The van der Waals surface area contributed by atoms with E-state index in [-0.39, 0.29) is 0 Å². The van der Waals surface area contributed by atoms with Crippen LogP contribution in [0.1, 0.15) is 148 Å². The van der Waals surface area contributed by atoms with Crippen molar-refractivity contribution >= 4 is 0 Å². The summed E-state index contributed by atoms with van der Waals surface area (Å²) in [6.45, 7) is 7.02. The molecule has 0 aliphatic carbocycles. The van der Waals surface area contributed by atoms with E-state index in [4.69, 9.17) is 0 Å². The monoisotopic (exact) mass is 496 g/mol. The van der Waals surface area contributed by atoms with Gasteiger partial charge in [0.05, 0.1) is 0 Å². The third-order valence-corrected chi connectivity index (χ3v) is 8.02. The minimum Gasteiger partial charge on any atom is -0.356 e. The lowest BCUT2D eigenvalue weighted by atomic mass is 10.0. The smallest absolute Gasteiger partial charge is 0.105 e. The van der Waals surface area contributed by atoms with Crippen LogP contribution in [0.4, 0.5) is 0 Å². The molecule has 0 fully saturated rings. The summed E-state index contributed by atoms with van der Waals surface area (Å²) in [6, 6.07) is 11.1. The van der Waals surface area contributed by atoms with Gasteiger partial charge in [0.2, 0.25) is 0 Å². The van der Waals surface area contributed by atoms with Crippen LogP contribution < -0.4 is 0 Å². The number of rotatable bonds is 24. The summed E-state index contributed by atoms with van der Waals surface area (Å²) in [5.41, 5.74) is 1.46. The van der Waals surface area contributed by atoms with Crippen LogP contribution in [0.15, 0.2) is 42.7 Å². The Balaban J connectivity index is 1.61. The fraction of sp³-hybridized carbons (Fsp3) is 0.765. The quantitative estimate of drug-likeness (QED) is 0.131. The van der Waals surface area contributed by atoms with Crippen molar-refractivity contribution in [3.8, 4) is 0 Å². The standard InChI is InChI=1S/C34H60N2/c1-3-5-7-9-11-13-14-15-16-18-20-25-29-36-31-30-35(28-24-19-17-12-10-8-6-4-2)34(36)32-33-26-22-21-23-27-33/h21-23,26-27,30-31,34H,3-20,24-25,28-29,32H2,1-2H3. The number of hydrogen-bond acceptors (Lipinski definition) is 2. The van der Waals surface area contributed by atoms with Crippen LogP contribution in [0.3, 0.4) is 0 Å². The summed E-state index contributed by atoms with van der Waals surface area (Å²) < 4.78 is 0. The Bertz CT molecular complexity index is 625. The molecule has 1 aliphatic rings. The lowest BCUT2D eigenvalue weighted by Gasteiger charge is -2.33. The third kappa shape index (κ3) is 14.3. The Hall–Kier alpha value is -1.44. The summed E-state index contributed by atoms with van der Waals surface area (Å²) in [5.74, 6) is 0. The van der Waals surface area contributed by atoms with Gasteiger partial charge in [-0.25, -0.2) is 0 Å². The van der Waals surface area contributed by atoms with Crippen molar-refractivity contribution in [3.05, 3.63) is 48.3 Å². The molecule has 1 aromatic carbocycles. The van der Waals surface area contributed by atoms with Crippen molar-refractivity contribution in [2.24, 2.45) is 0 Å². The summed E-state index contributed by atoms with van der Waals surface area (Å²) in [4.78, 5) is 5.26. The molecule has 0 N–H and O–H groups in total. The number of benzene rings is 1. The van der Waals surface area contributed by atoms with Gasteiger partial charge in [0.25, 0.3) is 0 Å².